The number of esters is 1. The monoisotopic (exact) mass is 605 g/mol. The Morgan fingerprint density at radius 3 is 2.53 bits per heavy atom. The molecule has 1 amide bonds. The highest BCUT2D eigenvalue weighted by Crippen LogP contribution is 2.31. The van der Waals surface area contributed by atoms with Gasteiger partial charge >= 0.3 is 12.1 Å². The normalized spacial score (nSPS) is 13.7. The van der Waals surface area contributed by atoms with Crippen molar-refractivity contribution in [2.45, 2.75) is 51.8 Å². The lowest BCUT2D eigenvalue weighted by molar-refractivity contribution is -0.133. The lowest BCUT2D eigenvalue weighted by atomic mass is 9.98. The Morgan fingerprint density at radius 2 is 1.91 bits per heavy atom. The summed E-state index contributed by atoms with van der Waals surface area (Å²) in [5.41, 5.74) is 1.56. The summed E-state index contributed by atoms with van der Waals surface area (Å²) >= 11 is 6.36. The van der Waals surface area contributed by atoms with E-state index in [1.165, 1.54) is 25.4 Å². The zero-order valence-electron chi connectivity index (χ0n) is 24.6. The van der Waals surface area contributed by atoms with Crippen LogP contribution in [0.15, 0.2) is 55.2 Å². The Hall–Kier alpha value is -4.49. The molecule has 11 heteroatoms. The number of carbonyl (C=O) groups excluding carboxylic acids is 2. The lowest BCUT2D eigenvalue weighted by Gasteiger charge is -2.39. The van der Waals surface area contributed by atoms with Crippen molar-refractivity contribution in [1.29, 1.82) is 5.26 Å². The molecule has 3 aromatic rings. The van der Waals surface area contributed by atoms with Gasteiger partial charge in [0.05, 0.1) is 35.2 Å². The first-order valence-electron chi connectivity index (χ1n) is 13.7. The fourth-order valence-corrected chi connectivity index (χ4v) is 5.08. The van der Waals surface area contributed by atoms with E-state index in [4.69, 9.17) is 26.3 Å². The molecule has 4 rings (SSSR count). The van der Waals surface area contributed by atoms with Gasteiger partial charge in [0.1, 0.15) is 17.5 Å². The van der Waals surface area contributed by atoms with Gasteiger partial charge < -0.3 is 19.3 Å². The molecule has 0 saturated carbocycles. The van der Waals surface area contributed by atoms with Crippen LogP contribution in [-0.4, -0.2) is 58.8 Å². The minimum Gasteiger partial charge on any atom is -0.465 e. The number of hydrogen-bond donors (Lipinski definition) is 0. The van der Waals surface area contributed by atoms with E-state index in [2.05, 4.69) is 16.5 Å². The molecule has 2 heterocycles. The van der Waals surface area contributed by atoms with E-state index in [1.807, 2.05) is 37.8 Å². The third kappa shape index (κ3) is 7.48. The molecule has 1 aliphatic rings. The molecule has 1 saturated heterocycles. The first-order chi connectivity index (χ1) is 20.4. The number of anilines is 1. The molecule has 0 bridgehead atoms. The van der Waals surface area contributed by atoms with Crippen LogP contribution in [0.3, 0.4) is 0 Å². The molecule has 1 aliphatic heterocycles. The molecule has 0 spiro atoms. The second-order valence-electron chi connectivity index (χ2n) is 11.1. The summed E-state index contributed by atoms with van der Waals surface area (Å²) in [6.07, 6.45) is 2.19. The van der Waals surface area contributed by atoms with Crippen LogP contribution in [0.2, 0.25) is 5.02 Å². The quantitative estimate of drug-likeness (QED) is 0.225. The number of nitrogens with zero attached hydrogens (tertiary/aromatic N) is 5. The number of benzene rings is 2. The topological polar surface area (TPSA) is 109 Å². The number of rotatable bonds is 7. The summed E-state index contributed by atoms with van der Waals surface area (Å²) < 4.78 is 25.0. The van der Waals surface area contributed by atoms with Crippen molar-refractivity contribution < 1.29 is 23.5 Å². The van der Waals surface area contributed by atoms with Crippen LogP contribution in [0.1, 0.15) is 50.3 Å². The summed E-state index contributed by atoms with van der Waals surface area (Å²) in [4.78, 5) is 38.4. The average Bonchev–Trinajstić information content (AvgIpc) is 2.98. The van der Waals surface area contributed by atoms with Gasteiger partial charge in [-0.05, 0) is 56.9 Å². The zero-order chi connectivity index (χ0) is 31.3. The van der Waals surface area contributed by atoms with Gasteiger partial charge in [0.25, 0.3) is 0 Å². The first-order valence-corrected chi connectivity index (χ1v) is 14.1. The van der Waals surface area contributed by atoms with Gasteiger partial charge in [-0.25, -0.2) is 23.9 Å². The average molecular weight is 606 g/mol. The Bertz CT molecular complexity index is 1570. The highest BCUT2D eigenvalue weighted by Gasteiger charge is 2.33. The molecule has 0 N–H and O–H groups in total. The van der Waals surface area contributed by atoms with Gasteiger partial charge in [0.15, 0.2) is 0 Å². The van der Waals surface area contributed by atoms with Crippen LogP contribution in [0.25, 0.3) is 16.8 Å². The number of methoxy groups -OCH3 is 1. The third-order valence-electron chi connectivity index (χ3n) is 7.03. The van der Waals surface area contributed by atoms with Gasteiger partial charge in [-0.3, -0.25) is 0 Å². The summed E-state index contributed by atoms with van der Waals surface area (Å²) in [6, 6.07) is 13.1. The van der Waals surface area contributed by atoms with Gasteiger partial charge in [0, 0.05) is 31.2 Å². The smallest absolute Gasteiger partial charge is 0.410 e. The molecule has 1 aromatic heterocycles. The number of carbonyl (C=O) groups is 2. The van der Waals surface area contributed by atoms with Crippen LogP contribution in [-0.2, 0) is 20.8 Å². The number of halogens is 2. The van der Waals surface area contributed by atoms with Crippen LogP contribution < -0.4 is 4.90 Å². The highest BCUT2D eigenvalue weighted by molar-refractivity contribution is 6.32. The van der Waals surface area contributed by atoms with E-state index < -0.39 is 23.5 Å². The molecular weight excluding hydrogens is 573 g/mol. The summed E-state index contributed by atoms with van der Waals surface area (Å²) in [7, 11) is 1.30. The maximum atomic E-state index is 14.3. The van der Waals surface area contributed by atoms with E-state index in [0.29, 0.717) is 48.7 Å². The molecule has 2 aromatic carbocycles. The number of aromatic nitrogens is 2. The molecule has 0 atom stereocenters. The molecule has 0 radical (unpaired) electrons. The van der Waals surface area contributed by atoms with Gasteiger partial charge in [0.2, 0.25) is 5.95 Å². The van der Waals surface area contributed by atoms with E-state index >= 15 is 0 Å². The van der Waals surface area contributed by atoms with E-state index in [-0.39, 0.29) is 28.7 Å². The molecule has 43 heavy (non-hydrogen) atoms. The van der Waals surface area contributed by atoms with Crippen molar-refractivity contribution in [2.75, 3.05) is 25.1 Å². The van der Waals surface area contributed by atoms with Crippen molar-refractivity contribution in [3.8, 4) is 17.3 Å². The van der Waals surface area contributed by atoms with Gasteiger partial charge in [-0.15, -0.1) is 0 Å². The third-order valence-corrected chi connectivity index (χ3v) is 7.30. The number of piperidine rings is 1. The molecule has 0 aliphatic carbocycles. The minimum atomic E-state index is -0.705. The SMILES string of the molecule is C=C(C(=O)OC)c1ccccc1CN(C(=O)OC(C)(C)C)C1CCN(c2ncc(Cl)c(-c3ccc(C#N)c(F)c3)n2)CC1. The number of nitriles is 1. The standard InChI is InChI=1S/C32H33ClFN5O4/c1-20(29(40)42-5)25-9-7-6-8-23(25)19-39(31(41)43-32(2,3)4)24-12-14-38(15-13-24)30-36-18-26(33)28(37-30)21-10-11-22(17-35)27(34)16-21/h6-11,16,18,24H,1,12-15,19H2,2-5H3. The summed E-state index contributed by atoms with van der Waals surface area (Å²) in [5.74, 6) is -0.780. The second-order valence-corrected chi connectivity index (χ2v) is 11.5. The van der Waals surface area contributed by atoms with Crippen molar-refractivity contribution in [3.63, 3.8) is 0 Å². The molecule has 0 unspecified atom stereocenters. The zero-order valence-corrected chi connectivity index (χ0v) is 25.3. The molecule has 224 valence electrons. The van der Waals surface area contributed by atoms with Crippen molar-refractivity contribution >= 4 is 35.2 Å². The second kappa shape index (κ2) is 13.2. The predicted octanol–water partition coefficient (Wildman–Crippen LogP) is 6.40. The van der Waals surface area contributed by atoms with E-state index in [0.717, 1.165) is 5.56 Å². The lowest BCUT2D eigenvalue weighted by Crippen LogP contribution is -2.49. The Morgan fingerprint density at radius 1 is 1.21 bits per heavy atom. The highest BCUT2D eigenvalue weighted by atomic mass is 35.5. The Labute approximate surface area is 255 Å². The van der Waals surface area contributed by atoms with Gasteiger partial charge in [-0.2, -0.15) is 5.26 Å². The van der Waals surface area contributed by atoms with Crippen LogP contribution in [0.5, 0.6) is 0 Å². The van der Waals surface area contributed by atoms with Crippen LogP contribution in [0, 0.1) is 17.1 Å². The van der Waals surface area contributed by atoms with E-state index in [1.54, 1.807) is 29.2 Å². The predicted molar refractivity (Wildman–Crippen MR) is 162 cm³/mol. The molecular formula is C32H33ClFN5O4. The van der Waals surface area contributed by atoms with Crippen molar-refractivity contribution in [2.24, 2.45) is 0 Å². The first kappa shape index (κ1) is 31.4. The minimum absolute atomic E-state index is 0.0667. The largest absolute Gasteiger partial charge is 0.465 e. The summed E-state index contributed by atoms with van der Waals surface area (Å²) in [6.45, 7) is 10.6. The molecule has 1 fully saturated rings. The van der Waals surface area contributed by atoms with Crippen LogP contribution in [0.4, 0.5) is 15.1 Å². The number of hydrogen-bond acceptors (Lipinski definition) is 8. The summed E-state index contributed by atoms with van der Waals surface area (Å²) in [5, 5.41) is 9.30. The fraction of sp³-hybridized carbons (Fsp3) is 0.344. The number of amides is 1. The van der Waals surface area contributed by atoms with Gasteiger partial charge in [-0.1, -0.05) is 48.5 Å². The maximum Gasteiger partial charge on any atom is 0.410 e. The maximum absolute atomic E-state index is 14.3. The Kier molecular flexibility index (Phi) is 9.66. The van der Waals surface area contributed by atoms with Crippen molar-refractivity contribution in [1.82, 2.24) is 14.9 Å². The molecule has 9 nitrogen and oxygen atoms in total. The van der Waals surface area contributed by atoms with Crippen molar-refractivity contribution in [3.05, 3.63) is 82.8 Å². The van der Waals surface area contributed by atoms with Crippen LogP contribution >= 0.6 is 11.6 Å². The fourth-order valence-electron chi connectivity index (χ4n) is 4.88. The Balaban J connectivity index is 1.56. The van der Waals surface area contributed by atoms with E-state index in [9.17, 15) is 14.0 Å². The number of ether oxygens (including phenoxy) is 2.